The maximum atomic E-state index is 10.3. The van der Waals surface area contributed by atoms with Gasteiger partial charge < -0.3 is 29.6 Å². The smallest absolute Gasteiger partial charge is 0.161 e. The lowest BCUT2D eigenvalue weighted by Crippen LogP contribution is -2.87. The van der Waals surface area contributed by atoms with Gasteiger partial charge in [0, 0.05) is 16.3 Å². The molecule has 1 heterocycles. The molecule has 0 bridgehead atoms. The number of fused-ring (bicyclic) bond motifs is 3. The number of aromatic amines is 1. The standard InChI is InChI=1S/C24H26N2O4/c1-28-21-10-4-5-11-22(21)29-14-13-25-15-17(27)16-30-23-12-6-9-20-24(23)18-7-2-3-8-19(18)26-20/h2-12,17,25-27H,13-16H2,1H3/p+1/t17-/m1/s1. The highest BCUT2D eigenvalue weighted by Crippen LogP contribution is 2.33. The Morgan fingerprint density at radius 1 is 0.867 bits per heavy atom. The lowest BCUT2D eigenvalue weighted by molar-refractivity contribution is -0.661. The molecule has 0 amide bonds. The second-order valence-corrected chi connectivity index (χ2v) is 7.13. The summed E-state index contributed by atoms with van der Waals surface area (Å²) in [4.78, 5) is 3.40. The number of methoxy groups -OCH3 is 1. The SMILES string of the molecule is COc1ccccc1OCC[NH2+]C[C@@H](O)COc1cccc2[nH]c3ccccc3c12. The minimum Gasteiger partial charge on any atom is -0.493 e. The van der Waals surface area contributed by atoms with Crippen molar-refractivity contribution in [2.45, 2.75) is 6.10 Å². The Balaban J connectivity index is 1.26. The molecule has 6 nitrogen and oxygen atoms in total. The lowest BCUT2D eigenvalue weighted by Gasteiger charge is -2.13. The molecule has 0 aliphatic heterocycles. The number of ether oxygens (including phenoxy) is 3. The van der Waals surface area contributed by atoms with Crippen LogP contribution in [0.2, 0.25) is 0 Å². The van der Waals surface area contributed by atoms with E-state index < -0.39 is 6.10 Å². The van der Waals surface area contributed by atoms with E-state index in [0.29, 0.717) is 13.2 Å². The van der Waals surface area contributed by atoms with Crippen LogP contribution in [-0.4, -0.2) is 49.6 Å². The second kappa shape index (κ2) is 9.52. The third-order valence-electron chi connectivity index (χ3n) is 5.01. The molecule has 30 heavy (non-hydrogen) atoms. The summed E-state index contributed by atoms with van der Waals surface area (Å²) in [6.07, 6.45) is -0.572. The molecule has 4 N–H and O–H groups in total. The molecule has 0 aliphatic carbocycles. The summed E-state index contributed by atoms with van der Waals surface area (Å²) in [5, 5.41) is 14.5. The zero-order valence-electron chi connectivity index (χ0n) is 17.0. The number of hydrogen-bond donors (Lipinski definition) is 3. The molecule has 0 saturated heterocycles. The summed E-state index contributed by atoms with van der Waals surface area (Å²) >= 11 is 0. The number of aliphatic hydroxyl groups is 1. The van der Waals surface area contributed by atoms with Crippen molar-refractivity contribution in [1.29, 1.82) is 0 Å². The number of benzene rings is 3. The quantitative estimate of drug-likeness (QED) is 0.353. The Morgan fingerprint density at radius 2 is 1.60 bits per heavy atom. The predicted octanol–water partition coefficient (Wildman–Crippen LogP) is 2.71. The van der Waals surface area contributed by atoms with Crippen LogP contribution in [0.1, 0.15) is 0 Å². The summed E-state index contributed by atoms with van der Waals surface area (Å²) in [6, 6.07) is 21.7. The zero-order valence-corrected chi connectivity index (χ0v) is 17.0. The van der Waals surface area contributed by atoms with Gasteiger partial charge in [-0.1, -0.05) is 36.4 Å². The number of quaternary nitrogens is 1. The average molecular weight is 407 g/mol. The number of nitrogens with two attached hydrogens (primary N) is 1. The first-order valence-electron chi connectivity index (χ1n) is 10.1. The Labute approximate surface area is 175 Å². The number of aromatic nitrogens is 1. The fourth-order valence-electron chi connectivity index (χ4n) is 3.54. The third-order valence-corrected chi connectivity index (χ3v) is 5.01. The number of nitrogens with one attached hydrogen (secondary N) is 1. The molecular weight excluding hydrogens is 380 g/mol. The average Bonchev–Trinajstić information content (AvgIpc) is 3.17. The maximum Gasteiger partial charge on any atom is 0.161 e. The molecule has 3 aromatic carbocycles. The molecule has 4 aromatic rings. The van der Waals surface area contributed by atoms with E-state index in [4.69, 9.17) is 14.2 Å². The van der Waals surface area contributed by atoms with Gasteiger partial charge in [0.05, 0.1) is 12.6 Å². The Bertz CT molecular complexity index is 1110. The first-order chi connectivity index (χ1) is 14.8. The van der Waals surface area contributed by atoms with E-state index in [-0.39, 0.29) is 6.61 Å². The largest absolute Gasteiger partial charge is 0.493 e. The van der Waals surface area contributed by atoms with Gasteiger partial charge in [-0.05, 0) is 30.3 Å². The molecule has 0 saturated carbocycles. The Hall–Kier alpha value is -3.22. The van der Waals surface area contributed by atoms with Crippen LogP contribution in [0.4, 0.5) is 0 Å². The van der Waals surface area contributed by atoms with Crippen LogP contribution in [0.5, 0.6) is 17.2 Å². The minimum absolute atomic E-state index is 0.239. The van der Waals surface area contributed by atoms with Crippen molar-refractivity contribution in [2.75, 3.05) is 33.4 Å². The van der Waals surface area contributed by atoms with Crippen molar-refractivity contribution < 1.29 is 24.6 Å². The molecule has 0 fully saturated rings. The molecule has 0 spiro atoms. The highest BCUT2D eigenvalue weighted by molar-refractivity contribution is 6.10. The number of rotatable bonds is 10. The summed E-state index contributed by atoms with van der Waals surface area (Å²) in [5.74, 6) is 2.23. The lowest BCUT2D eigenvalue weighted by atomic mass is 10.1. The van der Waals surface area contributed by atoms with Gasteiger partial charge in [0.2, 0.25) is 0 Å². The minimum atomic E-state index is -0.572. The highest BCUT2D eigenvalue weighted by Gasteiger charge is 2.12. The number of H-pyrrole nitrogens is 1. The number of hydrogen-bond acceptors (Lipinski definition) is 4. The first-order valence-corrected chi connectivity index (χ1v) is 10.1. The molecule has 156 valence electrons. The van der Waals surface area contributed by atoms with E-state index in [1.165, 1.54) is 0 Å². The number of aliphatic hydroxyl groups excluding tert-OH is 1. The molecule has 4 rings (SSSR count). The fraction of sp³-hybridized carbons (Fsp3) is 0.250. The van der Waals surface area contributed by atoms with Crippen molar-refractivity contribution in [3.63, 3.8) is 0 Å². The molecule has 0 radical (unpaired) electrons. The normalized spacial score (nSPS) is 12.2. The number of para-hydroxylation sites is 3. The van der Waals surface area contributed by atoms with Crippen LogP contribution < -0.4 is 19.5 Å². The molecular formula is C24H27N2O4+. The van der Waals surface area contributed by atoms with Gasteiger partial charge in [-0.15, -0.1) is 0 Å². The Kier molecular flexibility index (Phi) is 6.37. The first kappa shape index (κ1) is 20.1. The van der Waals surface area contributed by atoms with Crippen LogP contribution >= 0.6 is 0 Å². The van der Waals surface area contributed by atoms with Crippen LogP contribution in [0.15, 0.2) is 66.7 Å². The van der Waals surface area contributed by atoms with Crippen LogP contribution in [0, 0.1) is 0 Å². The van der Waals surface area contributed by atoms with Crippen LogP contribution in [-0.2, 0) is 0 Å². The van der Waals surface area contributed by atoms with E-state index in [1.807, 2.05) is 59.9 Å². The van der Waals surface area contributed by atoms with Gasteiger partial charge in [-0.25, -0.2) is 0 Å². The van der Waals surface area contributed by atoms with E-state index in [9.17, 15) is 5.11 Å². The van der Waals surface area contributed by atoms with E-state index in [0.717, 1.165) is 45.6 Å². The summed E-state index contributed by atoms with van der Waals surface area (Å²) < 4.78 is 17.0. The van der Waals surface area contributed by atoms with Gasteiger partial charge >= 0.3 is 0 Å². The molecule has 1 aromatic heterocycles. The van der Waals surface area contributed by atoms with Crippen molar-refractivity contribution in [3.8, 4) is 17.2 Å². The van der Waals surface area contributed by atoms with Gasteiger partial charge in [-0.3, -0.25) is 0 Å². The molecule has 0 unspecified atom stereocenters. The van der Waals surface area contributed by atoms with Crippen LogP contribution in [0.25, 0.3) is 21.8 Å². The van der Waals surface area contributed by atoms with Crippen molar-refractivity contribution in [3.05, 3.63) is 66.7 Å². The monoisotopic (exact) mass is 407 g/mol. The van der Waals surface area contributed by atoms with E-state index in [2.05, 4.69) is 17.1 Å². The van der Waals surface area contributed by atoms with Gasteiger partial charge in [0.25, 0.3) is 0 Å². The van der Waals surface area contributed by atoms with Crippen molar-refractivity contribution in [2.24, 2.45) is 0 Å². The molecule has 1 atom stereocenters. The van der Waals surface area contributed by atoms with Gasteiger partial charge in [0.1, 0.15) is 38.2 Å². The summed E-state index contributed by atoms with van der Waals surface area (Å²) in [6.45, 7) is 2.04. The highest BCUT2D eigenvalue weighted by atomic mass is 16.5. The van der Waals surface area contributed by atoms with E-state index in [1.54, 1.807) is 7.11 Å². The summed E-state index contributed by atoms with van der Waals surface area (Å²) in [5.41, 5.74) is 2.11. The second-order valence-electron chi connectivity index (χ2n) is 7.13. The van der Waals surface area contributed by atoms with Gasteiger partial charge in [0.15, 0.2) is 11.5 Å². The fourth-order valence-corrected chi connectivity index (χ4v) is 3.54. The third kappa shape index (κ3) is 4.50. The Morgan fingerprint density at radius 3 is 2.47 bits per heavy atom. The van der Waals surface area contributed by atoms with Gasteiger partial charge in [-0.2, -0.15) is 0 Å². The van der Waals surface area contributed by atoms with Crippen molar-refractivity contribution in [1.82, 2.24) is 4.98 Å². The molecule has 0 aliphatic rings. The predicted molar refractivity (Wildman–Crippen MR) is 117 cm³/mol. The zero-order chi connectivity index (χ0) is 20.8. The maximum absolute atomic E-state index is 10.3. The molecule has 6 heteroatoms. The van der Waals surface area contributed by atoms with Crippen molar-refractivity contribution >= 4 is 21.8 Å². The topological polar surface area (TPSA) is 80.3 Å². The summed E-state index contributed by atoms with van der Waals surface area (Å²) in [7, 11) is 1.63. The van der Waals surface area contributed by atoms with Crippen LogP contribution in [0.3, 0.4) is 0 Å². The van der Waals surface area contributed by atoms with E-state index >= 15 is 0 Å².